The number of methoxy groups -OCH3 is 1. The molecule has 4 aliphatic rings. The molecule has 0 aliphatic heterocycles. The highest BCUT2D eigenvalue weighted by molar-refractivity contribution is 5.69. The maximum absolute atomic E-state index is 11.7. The lowest BCUT2D eigenvalue weighted by Crippen LogP contribution is -2.57. The summed E-state index contributed by atoms with van der Waals surface area (Å²) in [5, 5.41) is 11.3. The Morgan fingerprint density at radius 3 is 2.66 bits per heavy atom. The molecular weight excluding hydrogens is 360 g/mol. The Labute approximate surface area is 177 Å². The standard InChI is InChI=1S/C26H42O3/c1-16-10-12-25(3)18(14-16)15-22(27)24-20-8-7-19(17(2)6-9-23(28)29-5)26(20,4)13-11-21(24)25/h17-22,24,27H,1,6-15H2,2-5H3. The fourth-order valence-electron chi connectivity index (χ4n) is 8.75. The molecular formula is C26H42O3. The fraction of sp³-hybridized carbons (Fsp3) is 0.885. The van der Waals surface area contributed by atoms with Gasteiger partial charge >= 0.3 is 5.97 Å². The summed E-state index contributed by atoms with van der Waals surface area (Å²) in [5.74, 6) is 3.54. The molecule has 0 bridgehead atoms. The monoisotopic (exact) mass is 402 g/mol. The van der Waals surface area contributed by atoms with Gasteiger partial charge in [0.05, 0.1) is 13.2 Å². The first-order chi connectivity index (χ1) is 13.7. The zero-order valence-corrected chi connectivity index (χ0v) is 19.1. The smallest absolute Gasteiger partial charge is 0.305 e. The van der Waals surface area contributed by atoms with Gasteiger partial charge < -0.3 is 9.84 Å². The Morgan fingerprint density at radius 1 is 1.21 bits per heavy atom. The molecule has 0 spiro atoms. The Bertz CT molecular complexity index is 656. The van der Waals surface area contributed by atoms with E-state index in [9.17, 15) is 9.90 Å². The molecule has 0 aromatic carbocycles. The fourth-order valence-corrected chi connectivity index (χ4v) is 8.75. The first kappa shape index (κ1) is 21.4. The van der Waals surface area contributed by atoms with Crippen molar-refractivity contribution in [1.29, 1.82) is 0 Å². The second-order valence-corrected chi connectivity index (χ2v) is 11.6. The number of rotatable bonds is 4. The van der Waals surface area contributed by atoms with Crippen molar-refractivity contribution >= 4 is 5.97 Å². The highest BCUT2D eigenvalue weighted by Crippen LogP contribution is 2.68. The van der Waals surface area contributed by atoms with Crippen molar-refractivity contribution in [1.82, 2.24) is 0 Å². The van der Waals surface area contributed by atoms with Crippen LogP contribution in [0.5, 0.6) is 0 Å². The van der Waals surface area contributed by atoms with Gasteiger partial charge in [-0.15, -0.1) is 0 Å². The molecule has 0 heterocycles. The molecule has 4 saturated carbocycles. The minimum atomic E-state index is -0.141. The minimum Gasteiger partial charge on any atom is -0.469 e. The minimum absolute atomic E-state index is 0.0826. The highest BCUT2D eigenvalue weighted by atomic mass is 16.5. The van der Waals surface area contributed by atoms with Crippen LogP contribution in [0.2, 0.25) is 0 Å². The highest BCUT2D eigenvalue weighted by Gasteiger charge is 2.62. The van der Waals surface area contributed by atoms with E-state index in [1.54, 1.807) is 0 Å². The average Bonchev–Trinajstić information content (AvgIpc) is 3.04. The number of ether oxygens (including phenoxy) is 1. The van der Waals surface area contributed by atoms with Crippen molar-refractivity contribution < 1.29 is 14.6 Å². The predicted molar refractivity (Wildman–Crippen MR) is 116 cm³/mol. The molecule has 0 aromatic rings. The number of hydrogen-bond donors (Lipinski definition) is 1. The van der Waals surface area contributed by atoms with Gasteiger partial charge in [-0.25, -0.2) is 0 Å². The number of esters is 1. The molecule has 0 saturated heterocycles. The summed E-state index contributed by atoms with van der Waals surface area (Å²) >= 11 is 0. The molecule has 1 N–H and O–H groups in total. The molecule has 9 unspecified atom stereocenters. The molecule has 9 atom stereocenters. The molecule has 164 valence electrons. The quantitative estimate of drug-likeness (QED) is 0.480. The summed E-state index contributed by atoms with van der Waals surface area (Å²) in [6.45, 7) is 11.7. The van der Waals surface area contributed by atoms with Crippen LogP contribution >= 0.6 is 0 Å². The van der Waals surface area contributed by atoms with Gasteiger partial charge in [-0.2, -0.15) is 0 Å². The largest absolute Gasteiger partial charge is 0.469 e. The van der Waals surface area contributed by atoms with E-state index in [0.717, 1.165) is 19.3 Å². The van der Waals surface area contributed by atoms with E-state index in [1.807, 2.05) is 0 Å². The molecule has 0 radical (unpaired) electrons. The van der Waals surface area contributed by atoms with E-state index < -0.39 is 0 Å². The SMILES string of the molecule is C=C1CCC2(C)C(C1)CC(O)C1C2CCC2(C)C(C(C)CCC(=O)OC)CCC12. The van der Waals surface area contributed by atoms with Crippen molar-refractivity contribution in [3.8, 4) is 0 Å². The third-order valence-electron chi connectivity index (χ3n) is 10.4. The first-order valence-corrected chi connectivity index (χ1v) is 12.1. The van der Waals surface area contributed by atoms with Crippen LogP contribution in [0, 0.1) is 46.3 Å². The third kappa shape index (κ3) is 3.40. The van der Waals surface area contributed by atoms with E-state index >= 15 is 0 Å². The average molecular weight is 403 g/mol. The van der Waals surface area contributed by atoms with Crippen molar-refractivity contribution in [3.05, 3.63) is 12.2 Å². The summed E-state index contributed by atoms with van der Waals surface area (Å²) in [7, 11) is 1.49. The maximum Gasteiger partial charge on any atom is 0.305 e. The molecule has 29 heavy (non-hydrogen) atoms. The van der Waals surface area contributed by atoms with Gasteiger partial charge in [-0.1, -0.05) is 32.9 Å². The Kier molecular flexibility index (Phi) is 5.68. The topological polar surface area (TPSA) is 46.5 Å². The Hall–Kier alpha value is -0.830. The van der Waals surface area contributed by atoms with Crippen LogP contribution in [-0.4, -0.2) is 24.3 Å². The summed E-state index contributed by atoms with van der Waals surface area (Å²) in [4.78, 5) is 11.7. The van der Waals surface area contributed by atoms with Gasteiger partial charge in [-0.3, -0.25) is 4.79 Å². The van der Waals surface area contributed by atoms with Gasteiger partial charge in [0.2, 0.25) is 0 Å². The summed E-state index contributed by atoms with van der Waals surface area (Å²) in [5.41, 5.74) is 2.11. The van der Waals surface area contributed by atoms with Crippen LogP contribution in [-0.2, 0) is 9.53 Å². The zero-order valence-electron chi connectivity index (χ0n) is 19.1. The number of allylic oxidation sites excluding steroid dienone is 1. The number of carbonyl (C=O) groups excluding carboxylic acids is 1. The van der Waals surface area contributed by atoms with Crippen LogP contribution in [0.1, 0.15) is 85.0 Å². The summed E-state index contributed by atoms with van der Waals surface area (Å²) in [6.07, 6.45) is 11.0. The Morgan fingerprint density at radius 2 is 1.93 bits per heavy atom. The molecule has 4 rings (SSSR count). The normalized spacial score (nSPS) is 47.7. The lowest BCUT2D eigenvalue weighted by Gasteiger charge is -2.62. The number of aliphatic hydroxyl groups is 1. The number of carbonyl (C=O) groups is 1. The van der Waals surface area contributed by atoms with Crippen LogP contribution in [0.15, 0.2) is 12.2 Å². The number of aliphatic hydroxyl groups excluding tert-OH is 1. The third-order valence-corrected chi connectivity index (χ3v) is 10.4. The van der Waals surface area contributed by atoms with Crippen molar-refractivity contribution in [2.75, 3.05) is 7.11 Å². The molecule has 3 heteroatoms. The lowest BCUT2D eigenvalue weighted by atomic mass is 9.43. The van der Waals surface area contributed by atoms with Crippen LogP contribution < -0.4 is 0 Å². The van der Waals surface area contributed by atoms with Gasteiger partial charge in [-0.05, 0) is 104 Å². The summed E-state index contributed by atoms with van der Waals surface area (Å²) in [6, 6.07) is 0. The maximum atomic E-state index is 11.7. The second-order valence-electron chi connectivity index (χ2n) is 11.6. The molecule has 3 nitrogen and oxygen atoms in total. The lowest BCUT2D eigenvalue weighted by molar-refractivity contribution is -0.160. The predicted octanol–water partition coefficient (Wildman–Crippen LogP) is 5.76. The zero-order chi connectivity index (χ0) is 21.0. The Balaban J connectivity index is 1.53. The van der Waals surface area contributed by atoms with Gasteiger partial charge in [0.15, 0.2) is 0 Å². The molecule has 0 aromatic heterocycles. The number of hydrogen-bond acceptors (Lipinski definition) is 3. The van der Waals surface area contributed by atoms with Crippen LogP contribution in [0.4, 0.5) is 0 Å². The van der Waals surface area contributed by atoms with Crippen molar-refractivity contribution in [2.24, 2.45) is 46.3 Å². The molecule has 4 fully saturated rings. The number of fused-ring (bicyclic) bond motifs is 5. The van der Waals surface area contributed by atoms with E-state index in [2.05, 4.69) is 27.4 Å². The van der Waals surface area contributed by atoms with Crippen LogP contribution in [0.25, 0.3) is 0 Å². The van der Waals surface area contributed by atoms with Gasteiger partial charge in [0.1, 0.15) is 0 Å². The van der Waals surface area contributed by atoms with Crippen LogP contribution in [0.3, 0.4) is 0 Å². The van der Waals surface area contributed by atoms with E-state index in [1.165, 1.54) is 51.2 Å². The summed E-state index contributed by atoms with van der Waals surface area (Å²) < 4.78 is 4.87. The van der Waals surface area contributed by atoms with Gasteiger partial charge in [0, 0.05) is 6.42 Å². The van der Waals surface area contributed by atoms with Crippen molar-refractivity contribution in [3.63, 3.8) is 0 Å². The molecule has 4 aliphatic carbocycles. The van der Waals surface area contributed by atoms with E-state index in [0.29, 0.717) is 52.8 Å². The van der Waals surface area contributed by atoms with Gasteiger partial charge in [0.25, 0.3) is 0 Å². The van der Waals surface area contributed by atoms with E-state index in [4.69, 9.17) is 4.74 Å². The van der Waals surface area contributed by atoms with E-state index in [-0.39, 0.29) is 12.1 Å². The van der Waals surface area contributed by atoms with Crippen molar-refractivity contribution in [2.45, 2.75) is 91.1 Å². The molecule has 0 amide bonds. The second kappa shape index (κ2) is 7.70. The first-order valence-electron chi connectivity index (χ1n) is 12.1.